The lowest BCUT2D eigenvalue weighted by molar-refractivity contribution is 0.381. The third-order valence-corrected chi connectivity index (χ3v) is 8.25. The van der Waals surface area contributed by atoms with E-state index in [1.54, 1.807) is 16.7 Å². The average molecular weight is 597 g/mol. The van der Waals surface area contributed by atoms with Gasteiger partial charge in [0.1, 0.15) is 0 Å². The van der Waals surface area contributed by atoms with Gasteiger partial charge in [0.2, 0.25) is 0 Å². The molecule has 0 saturated heterocycles. The van der Waals surface area contributed by atoms with Crippen LogP contribution in [0.1, 0.15) is 192 Å². The van der Waals surface area contributed by atoms with Gasteiger partial charge in [0, 0.05) is 0 Å². The molecule has 0 amide bonds. The first kappa shape index (κ1) is 40.1. The van der Waals surface area contributed by atoms with Crippen LogP contribution in [0.15, 0.2) is 18.2 Å². The van der Waals surface area contributed by atoms with Gasteiger partial charge >= 0.3 is 10.4 Å². The first-order chi connectivity index (χ1) is 19.8. The molecular weight excluding hydrogens is 528 g/mol. The number of aryl methyl sites for hydroxylation is 2. The Morgan fingerprint density at radius 1 is 0.439 bits per heavy atom. The summed E-state index contributed by atoms with van der Waals surface area (Å²) >= 11 is 0. The highest BCUT2D eigenvalue weighted by molar-refractivity contribution is 7.79. The van der Waals surface area contributed by atoms with E-state index in [1.165, 1.54) is 173 Å². The van der Waals surface area contributed by atoms with Crippen LogP contribution in [0.2, 0.25) is 0 Å². The van der Waals surface area contributed by atoms with Crippen molar-refractivity contribution in [2.45, 2.75) is 194 Å². The first-order valence-electron chi connectivity index (χ1n) is 17.6. The second-order valence-corrected chi connectivity index (χ2v) is 13.1. The first-order valence-corrected chi connectivity index (χ1v) is 19.0. The number of unbranched alkanes of at least 4 members (excludes halogenated alkanes) is 21. The molecule has 41 heavy (non-hydrogen) atoms. The Bertz CT molecular complexity index is 745. The number of benzene rings is 1. The molecule has 0 radical (unpaired) electrons. The molecule has 0 aliphatic heterocycles. The van der Waals surface area contributed by atoms with Gasteiger partial charge in [-0.2, -0.15) is 8.42 Å². The van der Waals surface area contributed by atoms with Crippen LogP contribution in [-0.2, 0) is 29.7 Å². The summed E-state index contributed by atoms with van der Waals surface area (Å²) in [5.41, 5.74) is 5.15. The molecule has 0 unspecified atom stereocenters. The summed E-state index contributed by atoms with van der Waals surface area (Å²) in [5, 5.41) is 0. The molecule has 0 aliphatic rings. The fraction of sp³-hybridized carbons (Fsp3) is 0.833. The second kappa shape index (κ2) is 29.2. The van der Waals surface area contributed by atoms with Crippen LogP contribution >= 0.6 is 0 Å². The molecular formula is C36H68O4S. The molecule has 4 nitrogen and oxygen atoms in total. The van der Waals surface area contributed by atoms with E-state index in [2.05, 4.69) is 39.0 Å². The van der Waals surface area contributed by atoms with Gasteiger partial charge in [-0.3, -0.25) is 9.11 Å². The van der Waals surface area contributed by atoms with Crippen molar-refractivity contribution in [1.29, 1.82) is 0 Å². The molecule has 0 atom stereocenters. The van der Waals surface area contributed by atoms with E-state index in [4.69, 9.17) is 17.5 Å². The zero-order valence-electron chi connectivity index (χ0n) is 27.4. The van der Waals surface area contributed by atoms with Gasteiger partial charge in [-0.25, -0.2) is 0 Å². The Morgan fingerprint density at radius 3 is 0.976 bits per heavy atom. The molecule has 1 aromatic rings. The molecule has 1 aromatic carbocycles. The summed E-state index contributed by atoms with van der Waals surface area (Å²) in [4.78, 5) is 0. The lowest BCUT2D eigenvalue weighted by atomic mass is 9.90. The predicted octanol–water partition coefficient (Wildman–Crippen LogP) is 12.1. The smallest absolute Gasteiger partial charge is 0.264 e. The molecule has 0 heterocycles. The van der Waals surface area contributed by atoms with Crippen LogP contribution in [0, 0.1) is 0 Å². The molecule has 0 fully saturated rings. The minimum absolute atomic E-state index is 1.31. The Morgan fingerprint density at radius 2 is 0.683 bits per heavy atom. The maximum Gasteiger partial charge on any atom is 0.394 e. The largest absolute Gasteiger partial charge is 0.394 e. The summed E-state index contributed by atoms with van der Waals surface area (Å²) in [6, 6.07) is 7.31. The lowest BCUT2D eigenvalue weighted by Crippen LogP contribution is -2.02. The maximum atomic E-state index is 8.74. The molecule has 0 aromatic heterocycles. The zero-order valence-corrected chi connectivity index (χ0v) is 28.3. The Labute approximate surface area is 256 Å². The van der Waals surface area contributed by atoms with Crippen LogP contribution < -0.4 is 0 Å². The molecule has 0 bridgehead atoms. The molecule has 0 spiro atoms. The lowest BCUT2D eigenvalue weighted by Gasteiger charge is -2.16. The van der Waals surface area contributed by atoms with E-state index in [1.807, 2.05) is 0 Å². The standard InChI is InChI=1S/C36H66.H2O4S/c1-4-7-10-13-16-19-22-25-29-34-31-28-32-35(30-26-23-20-17-14-11-8-5-2)36(34)33-27-24-21-18-15-12-9-6-3;1-5(2,3)4/h28,31-32H,4-27,29-30,33H2,1-3H3;(H2,1,2,3,4). The summed E-state index contributed by atoms with van der Waals surface area (Å²) in [5.74, 6) is 0. The van der Waals surface area contributed by atoms with Crippen LogP contribution in [-0.4, -0.2) is 17.5 Å². The molecule has 5 heteroatoms. The van der Waals surface area contributed by atoms with Gasteiger partial charge < -0.3 is 0 Å². The Kier molecular flexibility index (Phi) is 28.5. The van der Waals surface area contributed by atoms with Gasteiger partial charge in [-0.15, -0.1) is 0 Å². The summed E-state index contributed by atoms with van der Waals surface area (Å²) in [6.07, 6.45) is 38.1. The highest BCUT2D eigenvalue weighted by Crippen LogP contribution is 2.24. The second-order valence-electron chi connectivity index (χ2n) is 12.2. The Hall–Kier alpha value is -0.910. The summed E-state index contributed by atoms with van der Waals surface area (Å²) < 4.78 is 31.6. The van der Waals surface area contributed by atoms with Crippen molar-refractivity contribution >= 4 is 10.4 Å². The number of hydrogen-bond donors (Lipinski definition) is 2. The monoisotopic (exact) mass is 596 g/mol. The van der Waals surface area contributed by atoms with Crippen LogP contribution in [0.25, 0.3) is 0 Å². The van der Waals surface area contributed by atoms with Gasteiger partial charge in [0.25, 0.3) is 0 Å². The molecule has 242 valence electrons. The van der Waals surface area contributed by atoms with Crippen molar-refractivity contribution in [2.24, 2.45) is 0 Å². The molecule has 0 saturated carbocycles. The summed E-state index contributed by atoms with van der Waals surface area (Å²) in [6.45, 7) is 6.94. The van der Waals surface area contributed by atoms with Gasteiger partial charge in [-0.1, -0.05) is 174 Å². The molecule has 1 rings (SSSR count). The van der Waals surface area contributed by atoms with Crippen molar-refractivity contribution in [3.63, 3.8) is 0 Å². The quantitative estimate of drug-likeness (QED) is 0.0782. The normalized spacial score (nSPS) is 11.4. The maximum absolute atomic E-state index is 8.74. The van der Waals surface area contributed by atoms with E-state index in [-0.39, 0.29) is 0 Å². The van der Waals surface area contributed by atoms with Gasteiger partial charge in [0.05, 0.1) is 0 Å². The number of rotatable bonds is 27. The van der Waals surface area contributed by atoms with Crippen LogP contribution in [0.5, 0.6) is 0 Å². The number of hydrogen-bond acceptors (Lipinski definition) is 2. The van der Waals surface area contributed by atoms with E-state index >= 15 is 0 Å². The summed E-state index contributed by atoms with van der Waals surface area (Å²) in [7, 11) is -4.67. The fourth-order valence-corrected chi connectivity index (χ4v) is 5.81. The Balaban J connectivity index is 0.00000292. The van der Waals surface area contributed by atoms with E-state index in [0.29, 0.717) is 0 Å². The topological polar surface area (TPSA) is 74.6 Å². The third-order valence-electron chi connectivity index (χ3n) is 8.25. The van der Waals surface area contributed by atoms with Crippen molar-refractivity contribution in [1.82, 2.24) is 0 Å². The predicted molar refractivity (Wildman–Crippen MR) is 180 cm³/mol. The van der Waals surface area contributed by atoms with E-state index in [0.717, 1.165) is 0 Å². The van der Waals surface area contributed by atoms with Crippen molar-refractivity contribution in [3.8, 4) is 0 Å². The SMILES string of the molecule is CCCCCCCCCCc1cccc(CCCCCCCCCC)c1CCCCCCCCCC.O=S(=O)(O)O. The minimum atomic E-state index is -4.67. The third kappa shape index (κ3) is 29.0. The zero-order chi connectivity index (χ0) is 30.4. The van der Waals surface area contributed by atoms with E-state index in [9.17, 15) is 0 Å². The van der Waals surface area contributed by atoms with Crippen molar-refractivity contribution in [2.75, 3.05) is 0 Å². The van der Waals surface area contributed by atoms with Crippen molar-refractivity contribution < 1.29 is 17.5 Å². The van der Waals surface area contributed by atoms with Crippen LogP contribution in [0.3, 0.4) is 0 Å². The molecule has 2 N–H and O–H groups in total. The highest BCUT2D eigenvalue weighted by Gasteiger charge is 2.09. The molecule has 0 aliphatic carbocycles. The van der Waals surface area contributed by atoms with Crippen molar-refractivity contribution in [3.05, 3.63) is 34.9 Å². The highest BCUT2D eigenvalue weighted by atomic mass is 32.3. The van der Waals surface area contributed by atoms with Gasteiger partial charge in [0.15, 0.2) is 0 Å². The van der Waals surface area contributed by atoms with Crippen LogP contribution in [0.4, 0.5) is 0 Å². The van der Waals surface area contributed by atoms with Gasteiger partial charge in [-0.05, 0) is 55.2 Å². The van der Waals surface area contributed by atoms with E-state index < -0.39 is 10.4 Å². The fourth-order valence-electron chi connectivity index (χ4n) is 5.81. The minimum Gasteiger partial charge on any atom is -0.264 e. The average Bonchev–Trinajstić information content (AvgIpc) is 2.93.